The number of carbonyl (C=O) groups excluding carboxylic acids is 2. The molecule has 0 aliphatic carbocycles. The van der Waals surface area contributed by atoms with Gasteiger partial charge in [0.2, 0.25) is 11.8 Å². The average Bonchev–Trinajstić information content (AvgIpc) is 2.26. The molecule has 0 saturated carbocycles. The lowest BCUT2D eigenvalue weighted by Gasteiger charge is -2.46. The summed E-state index contributed by atoms with van der Waals surface area (Å²) in [5.41, 5.74) is 1.63. The molecule has 2 amide bonds. The first-order valence-corrected chi connectivity index (χ1v) is 6.46. The van der Waals surface area contributed by atoms with Gasteiger partial charge in [0.15, 0.2) is 0 Å². The van der Waals surface area contributed by atoms with Crippen LogP contribution in [-0.2, 0) is 9.59 Å². The molecule has 4 nitrogen and oxygen atoms in total. The molecule has 1 saturated heterocycles. The predicted octanol–water partition coefficient (Wildman–Crippen LogP) is 1.97. The molecule has 4 heteroatoms. The van der Waals surface area contributed by atoms with Crippen molar-refractivity contribution in [2.45, 2.75) is 33.2 Å². The zero-order chi connectivity index (χ0) is 14.2. The fourth-order valence-corrected chi connectivity index (χ4v) is 2.65. The largest absolute Gasteiger partial charge is 0.331 e. The van der Waals surface area contributed by atoms with Crippen molar-refractivity contribution in [2.24, 2.45) is 0 Å². The van der Waals surface area contributed by atoms with Crippen LogP contribution in [0.15, 0.2) is 24.3 Å². The number of anilines is 1. The summed E-state index contributed by atoms with van der Waals surface area (Å²) in [5.74, 6) is -0.0811. The summed E-state index contributed by atoms with van der Waals surface area (Å²) in [6.07, 6.45) is 0. The number of amides is 2. The van der Waals surface area contributed by atoms with Crippen molar-refractivity contribution in [1.29, 1.82) is 0 Å². The highest BCUT2D eigenvalue weighted by Gasteiger charge is 2.40. The van der Waals surface area contributed by atoms with E-state index in [9.17, 15) is 9.59 Å². The highest BCUT2D eigenvalue weighted by Crippen LogP contribution is 2.29. The van der Waals surface area contributed by atoms with E-state index in [4.69, 9.17) is 0 Å². The molecule has 2 rings (SSSR count). The minimum absolute atomic E-state index is 0.0305. The number of nitrogens with zero attached hydrogens (tertiary/aromatic N) is 2. The Kier molecular flexibility index (Phi) is 3.35. The highest BCUT2D eigenvalue weighted by atomic mass is 16.2. The molecule has 1 aliphatic heterocycles. The van der Waals surface area contributed by atoms with Crippen LogP contribution in [0.25, 0.3) is 0 Å². The molecule has 19 heavy (non-hydrogen) atoms. The molecule has 0 spiro atoms. The fourth-order valence-electron chi connectivity index (χ4n) is 2.65. The Morgan fingerprint density at radius 1 is 1.32 bits per heavy atom. The summed E-state index contributed by atoms with van der Waals surface area (Å²) in [4.78, 5) is 27.3. The van der Waals surface area contributed by atoms with E-state index < -0.39 is 5.54 Å². The summed E-state index contributed by atoms with van der Waals surface area (Å²) >= 11 is 0. The van der Waals surface area contributed by atoms with Crippen LogP contribution in [0.4, 0.5) is 5.69 Å². The van der Waals surface area contributed by atoms with Crippen LogP contribution in [0.1, 0.15) is 26.3 Å². The van der Waals surface area contributed by atoms with Crippen molar-refractivity contribution in [3.05, 3.63) is 29.8 Å². The molecule has 1 aromatic rings. The topological polar surface area (TPSA) is 40.6 Å². The summed E-state index contributed by atoms with van der Waals surface area (Å²) in [7, 11) is 0. The van der Waals surface area contributed by atoms with E-state index in [-0.39, 0.29) is 18.4 Å². The molecule has 0 atom stereocenters. The molecule has 102 valence electrons. The molecule has 1 heterocycles. The average molecular weight is 260 g/mol. The normalized spacial score (nSPS) is 18.6. The zero-order valence-electron chi connectivity index (χ0n) is 11.9. The van der Waals surface area contributed by atoms with Crippen LogP contribution < -0.4 is 4.90 Å². The second kappa shape index (κ2) is 4.68. The standard InChI is InChI=1S/C15H20N2O2/c1-11-6-5-7-13(8-11)17-14(19)9-16(12(2)18)10-15(17,3)4/h5-8H,9-10H2,1-4H3. The summed E-state index contributed by atoms with van der Waals surface area (Å²) in [6, 6.07) is 7.90. The van der Waals surface area contributed by atoms with Gasteiger partial charge in [0.1, 0.15) is 6.54 Å². The molecule has 1 aliphatic rings. The summed E-state index contributed by atoms with van der Waals surface area (Å²) in [6.45, 7) is 8.21. The summed E-state index contributed by atoms with van der Waals surface area (Å²) in [5, 5.41) is 0. The van der Waals surface area contributed by atoms with Gasteiger partial charge in [0.05, 0.1) is 5.54 Å². The smallest absolute Gasteiger partial charge is 0.247 e. The van der Waals surface area contributed by atoms with Crippen LogP contribution in [-0.4, -0.2) is 35.3 Å². The van der Waals surface area contributed by atoms with Crippen LogP contribution in [0.5, 0.6) is 0 Å². The van der Waals surface area contributed by atoms with Gasteiger partial charge in [0, 0.05) is 19.2 Å². The van der Waals surface area contributed by atoms with Crippen molar-refractivity contribution in [1.82, 2.24) is 4.90 Å². The minimum Gasteiger partial charge on any atom is -0.331 e. The zero-order valence-corrected chi connectivity index (χ0v) is 11.9. The van der Waals surface area contributed by atoms with Gasteiger partial charge in [-0.05, 0) is 38.5 Å². The monoisotopic (exact) mass is 260 g/mol. The maximum Gasteiger partial charge on any atom is 0.247 e. The van der Waals surface area contributed by atoms with Crippen molar-refractivity contribution in [3.8, 4) is 0 Å². The van der Waals surface area contributed by atoms with Crippen molar-refractivity contribution >= 4 is 17.5 Å². The Bertz CT molecular complexity index is 523. The van der Waals surface area contributed by atoms with Gasteiger partial charge in [0.25, 0.3) is 0 Å². The van der Waals surface area contributed by atoms with E-state index in [1.807, 2.05) is 45.0 Å². The lowest BCUT2D eigenvalue weighted by atomic mass is 9.97. The molecule has 0 unspecified atom stereocenters. The lowest BCUT2D eigenvalue weighted by molar-refractivity contribution is -0.137. The summed E-state index contributed by atoms with van der Waals surface area (Å²) < 4.78 is 0. The van der Waals surface area contributed by atoms with E-state index in [1.165, 1.54) is 6.92 Å². The van der Waals surface area contributed by atoms with Crippen LogP contribution >= 0.6 is 0 Å². The quantitative estimate of drug-likeness (QED) is 0.774. The molecular formula is C15H20N2O2. The van der Waals surface area contributed by atoms with Crippen molar-refractivity contribution < 1.29 is 9.59 Å². The van der Waals surface area contributed by atoms with E-state index in [0.29, 0.717) is 6.54 Å². The number of rotatable bonds is 1. The van der Waals surface area contributed by atoms with Gasteiger partial charge in [-0.15, -0.1) is 0 Å². The third-order valence-electron chi connectivity index (χ3n) is 3.46. The minimum atomic E-state index is -0.394. The second-order valence-electron chi connectivity index (χ2n) is 5.76. The SMILES string of the molecule is CC(=O)N1CC(=O)N(c2cccc(C)c2)C(C)(C)C1. The van der Waals surface area contributed by atoms with E-state index in [0.717, 1.165) is 11.3 Å². The first-order chi connectivity index (χ1) is 8.81. The van der Waals surface area contributed by atoms with Gasteiger partial charge in [-0.25, -0.2) is 0 Å². The first kappa shape index (κ1) is 13.6. The predicted molar refractivity (Wildman–Crippen MR) is 75.0 cm³/mol. The molecule has 1 aromatic carbocycles. The third-order valence-corrected chi connectivity index (χ3v) is 3.46. The van der Waals surface area contributed by atoms with Gasteiger partial charge in [-0.2, -0.15) is 0 Å². The van der Waals surface area contributed by atoms with Crippen LogP contribution in [0.3, 0.4) is 0 Å². The number of hydrogen-bond donors (Lipinski definition) is 0. The Labute approximate surface area is 114 Å². The van der Waals surface area contributed by atoms with Gasteiger partial charge < -0.3 is 9.80 Å². The molecular weight excluding hydrogens is 240 g/mol. The first-order valence-electron chi connectivity index (χ1n) is 6.46. The maximum atomic E-state index is 12.4. The number of hydrogen-bond acceptors (Lipinski definition) is 2. The van der Waals surface area contributed by atoms with Gasteiger partial charge >= 0.3 is 0 Å². The Morgan fingerprint density at radius 3 is 2.53 bits per heavy atom. The highest BCUT2D eigenvalue weighted by molar-refractivity contribution is 5.99. The van der Waals surface area contributed by atoms with Gasteiger partial charge in [-0.3, -0.25) is 9.59 Å². The third kappa shape index (κ3) is 2.62. The van der Waals surface area contributed by atoms with Crippen LogP contribution in [0.2, 0.25) is 0 Å². The Hall–Kier alpha value is -1.84. The Morgan fingerprint density at radius 2 is 2.00 bits per heavy atom. The Balaban J connectivity index is 2.36. The number of carbonyl (C=O) groups is 2. The van der Waals surface area contributed by atoms with Crippen molar-refractivity contribution in [3.63, 3.8) is 0 Å². The van der Waals surface area contributed by atoms with Crippen LogP contribution in [0, 0.1) is 6.92 Å². The lowest BCUT2D eigenvalue weighted by Crippen LogP contribution is -2.63. The molecule has 0 aromatic heterocycles. The maximum absolute atomic E-state index is 12.4. The van der Waals surface area contributed by atoms with E-state index in [1.54, 1.807) is 9.80 Å². The molecule has 0 bridgehead atoms. The van der Waals surface area contributed by atoms with Crippen molar-refractivity contribution in [2.75, 3.05) is 18.0 Å². The molecule has 0 N–H and O–H groups in total. The molecule has 1 fully saturated rings. The number of aryl methyl sites for hydroxylation is 1. The van der Waals surface area contributed by atoms with Gasteiger partial charge in [-0.1, -0.05) is 12.1 Å². The molecule has 0 radical (unpaired) electrons. The second-order valence-corrected chi connectivity index (χ2v) is 5.76. The number of benzene rings is 1. The number of piperazine rings is 1. The fraction of sp³-hybridized carbons (Fsp3) is 0.467. The van der Waals surface area contributed by atoms with E-state index in [2.05, 4.69) is 0 Å². The van der Waals surface area contributed by atoms with E-state index >= 15 is 0 Å².